The van der Waals surface area contributed by atoms with E-state index in [4.69, 9.17) is 32.7 Å². The molecule has 0 aliphatic heterocycles. The molecule has 0 fully saturated rings. The molecule has 0 atom stereocenters. The summed E-state index contributed by atoms with van der Waals surface area (Å²) in [5.74, 6) is 1.47. The quantitative estimate of drug-likeness (QED) is 0.177. The van der Waals surface area contributed by atoms with Gasteiger partial charge in [0, 0.05) is 20.2 Å². The van der Waals surface area contributed by atoms with Gasteiger partial charge in [-0.1, -0.05) is 61.3 Å². The lowest BCUT2D eigenvalue weighted by atomic mass is 10.2. The molecule has 6 rings (SSSR count). The lowest BCUT2D eigenvalue weighted by Gasteiger charge is -2.09. The second kappa shape index (κ2) is 12.6. The van der Waals surface area contributed by atoms with Crippen molar-refractivity contribution in [2.45, 2.75) is 26.7 Å². The molecule has 0 N–H and O–H groups in total. The SMILES string of the molecule is CCCOc1ccc(Cl)c2c(=O)c3ccccc3sc12.CCCOc1ccc(Cl)c2c(=O)c3ccccc3sc12. The van der Waals surface area contributed by atoms with Crippen LogP contribution in [0.2, 0.25) is 10.0 Å². The summed E-state index contributed by atoms with van der Waals surface area (Å²) >= 11 is 15.5. The summed E-state index contributed by atoms with van der Waals surface area (Å²) in [4.78, 5) is 25.2. The van der Waals surface area contributed by atoms with E-state index in [0.717, 1.165) is 43.1 Å². The van der Waals surface area contributed by atoms with Crippen molar-refractivity contribution in [2.75, 3.05) is 13.2 Å². The van der Waals surface area contributed by atoms with Gasteiger partial charge in [-0.15, -0.1) is 22.7 Å². The van der Waals surface area contributed by atoms with E-state index in [1.165, 1.54) is 0 Å². The number of benzene rings is 4. The van der Waals surface area contributed by atoms with E-state index in [-0.39, 0.29) is 10.9 Å². The van der Waals surface area contributed by atoms with Crippen LogP contribution in [0.3, 0.4) is 0 Å². The van der Waals surface area contributed by atoms with Crippen molar-refractivity contribution >= 4 is 86.2 Å². The molecule has 4 nitrogen and oxygen atoms in total. The first-order chi connectivity index (χ1) is 19.4. The normalized spacial score (nSPS) is 11.1. The molecule has 0 spiro atoms. The molecule has 0 aliphatic carbocycles. The Morgan fingerprint density at radius 2 is 1.00 bits per heavy atom. The van der Waals surface area contributed by atoms with Crippen LogP contribution in [0, 0.1) is 0 Å². The zero-order chi connectivity index (χ0) is 28.2. The van der Waals surface area contributed by atoms with Crippen molar-refractivity contribution in [3.8, 4) is 11.5 Å². The maximum atomic E-state index is 12.6. The highest BCUT2D eigenvalue weighted by Gasteiger charge is 2.14. The summed E-state index contributed by atoms with van der Waals surface area (Å²) in [6.45, 7) is 5.36. The number of ether oxygens (including phenoxy) is 2. The van der Waals surface area contributed by atoms with E-state index in [1.54, 1.807) is 34.8 Å². The number of hydrogen-bond acceptors (Lipinski definition) is 6. The van der Waals surface area contributed by atoms with Gasteiger partial charge in [-0.2, -0.15) is 0 Å². The van der Waals surface area contributed by atoms with E-state index in [0.29, 0.717) is 44.8 Å². The molecule has 0 saturated carbocycles. The minimum atomic E-state index is -0.0266. The zero-order valence-electron chi connectivity index (χ0n) is 22.0. The first-order valence-corrected chi connectivity index (χ1v) is 15.4. The number of halogens is 2. The average Bonchev–Trinajstić information content (AvgIpc) is 2.97. The van der Waals surface area contributed by atoms with Crippen LogP contribution < -0.4 is 20.3 Å². The summed E-state index contributed by atoms with van der Waals surface area (Å²) < 4.78 is 15.0. The Kier molecular flexibility index (Phi) is 8.91. The van der Waals surface area contributed by atoms with E-state index in [9.17, 15) is 9.59 Å². The number of fused-ring (bicyclic) bond motifs is 4. The van der Waals surface area contributed by atoms with Crippen LogP contribution in [0.4, 0.5) is 0 Å². The highest BCUT2D eigenvalue weighted by molar-refractivity contribution is 7.25. The maximum absolute atomic E-state index is 12.6. The third-order valence-electron chi connectivity index (χ3n) is 6.21. The highest BCUT2D eigenvalue weighted by Crippen LogP contribution is 2.37. The van der Waals surface area contributed by atoms with Gasteiger partial charge in [0.1, 0.15) is 11.5 Å². The van der Waals surface area contributed by atoms with Crippen LogP contribution in [0.1, 0.15) is 26.7 Å². The lowest BCUT2D eigenvalue weighted by molar-refractivity contribution is 0.321. The number of hydrogen-bond donors (Lipinski definition) is 0. The summed E-state index contributed by atoms with van der Waals surface area (Å²) in [5, 5.41) is 3.50. The fraction of sp³-hybridized carbons (Fsp3) is 0.188. The summed E-state index contributed by atoms with van der Waals surface area (Å²) in [6, 6.07) is 22.3. The predicted molar refractivity (Wildman–Crippen MR) is 173 cm³/mol. The molecule has 0 unspecified atom stereocenters. The van der Waals surface area contributed by atoms with Gasteiger partial charge in [-0.05, 0) is 61.4 Å². The average molecular weight is 610 g/mol. The van der Waals surface area contributed by atoms with Crippen molar-refractivity contribution in [3.63, 3.8) is 0 Å². The van der Waals surface area contributed by atoms with Crippen LogP contribution in [0.25, 0.3) is 40.3 Å². The molecule has 2 aromatic heterocycles. The molecule has 6 aromatic rings. The molecule has 8 heteroatoms. The van der Waals surface area contributed by atoms with Gasteiger partial charge in [-0.25, -0.2) is 0 Å². The molecule has 0 amide bonds. The molecular weight excluding hydrogens is 583 g/mol. The lowest BCUT2D eigenvalue weighted by Crippen LogP contribution is -2.03. The van der Waals surface area contributed by atoms with Crippen LogP contribution >= 0.6 is 45.9 Å². The third kappa shape index (κ3) is 5.54. The second-order valence-corrected chi connectivity index (χ2v) is 12.0. The van der Waals surface area contributed by atoms with Gasteiger partial charge in [0.25, 0.3) is 0 Å². The second-order valence-electron chi connectivity index (χ2n) is 9.05. The maximum Gasteiger partial charge on any atom is 0.197 e. The summed E-state index contributed by atoms with van der Waals surface area (Å²) in [6.07, 6.45) is 1.85. The monoisotopic (exact) mass is 608 g/mol. The van der Waals surface area contributed by atoms with Crippen LogP contribution in [0.5, 0.6) is 11.5 Å². The molecule has 4 aromatic carbocycles. The van der Waals surface area contributed by atoms with Gasteiger partial charge < -0.3 is 9.47 Å². The van der Waals surface area contributed by atoms with Gasteiger partial charge in [-0.3, -0.25) is 9.59 Å². The minimum Gasteiger partial charge on any atom is -0.492 e. The van der Waals surface area contributed by atoms with E-state index in [1.807, 2.05) is 60.7 Å². The predicted octanol–water partition coefficient (Wildman–Crippen LogP) is 9.71. The standard InChI is InChI=1S/2C16H13ClO2S/c2*1-2-9-19-12-8-7-11(17)14-15(18)10-5-3-4-6-13(10)20-16(12)14/h2*3-8H,2,9H2,1H3. The van der Waals surface area contributed by atoms with Crippen LogP contribution in [-0.2, 0) is 0 Å². The van der Waals surface area contributed by atoms with Gasteiger partial charge in [0.15, 0.2) is 10.9 Å². The van der Waals surface area contributed by atoms with E-state index in [2.05, 4.69) is 13.8 Å². The third-order valence-corrected chi connectivity index (χ3v) is 9.21. The van der Waals surface area contributed by atoms with Crippen molar-refractivity contribution in [2.24, 2.45) is 0 Å². The molecular formula is C32H26Cl2O4S2. The molecule has 0 bridgehead atoms. The first-order valence-electron chi connectivity index (χ1n) is 13.0. The molecule has 0 saturated heterocycles. The van der Waals surface area contributed by atoms with Crippen molar-refractivity contribution in [1.29, 1.82) is 0 Å². The van der Waals surface area contributed by atoms with Crippen molar-refractivity contribution < 1.29 is 9.47 Å². The summed E-state index contributed by atoms with van der Waals surface area (Å²) in [7, 11) is 0. The van der Waals surface area contributed by atoms with Crippen LogP contribution in [0.15, 0.2) is 82.4 Å². The van der Waals surface area contributed by atoms with Crippen molar-refractivity contribution in [3.05, 3.63) is 103 Å². The molecule has 0 radical (unpaired) electrons. The number of rotatable bonds is 6. The Hall–Kier alpha value is -3.16. The molecule has 40 heavy (non-hydrogen) atoms. The van der Waals surface area contributed by atoms with Crippen LogP contribution in [-0.4, -0.2) is 13.2 Å². The van der Waals surface area contributed by atoms with Gasteiger partial charge >= 0.3 is 0 Å². The zero-order valence-corrected chi connectivity index (χ0v) is 25.1. The Morgan fingerprint density at radius 1 is 0.600 bits per heavy atom. The fourth-order valence-electron chi connectivity index (χ4n) is 4.33. The molecule has 2 heterocycles. The van der Waals surface area contributed by atoms with Gasteiger partial charge in [0.05, 0.1) is 43.4 Å². The largest absolute Gasteiger partial charge is 0.492 e. The summed E-state index contributed by atoms with van der Waals surface area (Å²) in [5.41, 5.74) is -0.0532. The highest BCUT2D eigenvalue weighted by atomic mass is 35.5. The molecule has 204 valence electrons. The Bertz CT molecular complexity index is 1820. The Morgan fingerprint density at radius 3 is 1.40 bits per heavy atom. The minimum absolute atomic E-state index is 0.0266. The smallest absolute Gasteiger partial charge is 0.197 e. The van der Waals surface area contributed by atoms with Gasteiger partial charge in [0.2, 0.25) is 0 Å². The fourth-order valence-corrected chi connectivity index (χ4v) is 7.27. The Labute approximate surface area is 249 Å². The van der Waals surface area contributed by atoms with Crippen molar-refractivity contribution in [1.82, 2.24) is 0 Å². The van der Waals surface area contributed by atoms with E-state index < -0.39 is 0 Å². The first kappa shape index (κ1) is 28.4. The Balaban J connectivity index is 0.000000161. The topological polar surface area (TPSA) is 52.6 Å². The van der Waals surface area contributed by atoms with E-state index >= 15 is 0 Å². The molecule has 0 aliphatic rings.